The zero-order valence-corrected chi connectivity index (χ0v) is 13.8. The van der Waals surface area contributed by atoms with Gasteiger partial charge in [0.05, 0.1) is 5.37 Å². The molecular formula is C19H19NO2S. The molecule has 2 atom stereocenters. The van der Waals surface area contributed by atoms with Gasteiger partial charge in [0, 0.05) is 18.5 Å². The Balaban J connectivity index is 1.93. The first kappa shape index (κ1) is 15.8. The number of rotatable bonds is 5. The van der Waals surface area contributed by atoms with Crippen molar-refractivity contribution in [1.29, 1.82) is 0 Å². The van der Waals surface area contributed by atoms with Gasteiger partial charge in [-0.25, -0.2) is 0 Å². The second-order valence-corrected chi connectivity index (χ2v) is 6.81. The second kappa shape index (κ2) is 7.01. The fourth-order valence-corrected chi connectivity index (χ4v) is 4.24. The number of amides is 1. The minimum absolute atomic E-state index is 0.0568. The molecule has 2 unspecified atom stereocenters. The molecule has 1 heterocycles. The first-order valence-corrected chi connectivity index (χ1v) is 8.75. The minimum atomic E-state index is -0.244. The topological polar surface area (TPSA) is 37.4 Å². The lowest BCUT2D eigenvalue weighted by molar-refractivity contribution is -0.119. The Morgan fingerprint density at radius 3 is 2.26 bits per heavy atom. The maximum absolute atomic E-state index is 13.0. The molecule has 0 bridgehead atoms. The zero-order chi connectivity index (χ0) is 16.2. The monoisotopic (exact) mass is 325 g/mol. The van der Waals surface area contributed by atoms with Gasteiger partial charge in [-0.15, -0.1) is 11.8 Å². The molecule has 1 saturated heterocycles. The van der Waals surface area contributed by atoms with Crippen molar-refractivity contribution in [2.24, 2.45) is 0 Å². The number of carbonyl (C=O) groups is 2. The Morgan fingerprint density at radius 1 is 1.04 bits per heavy atom. The normalized spacial score (nSPS) is 20.7. The van der Waals surface area contributed by atoms with E-state index in [-0.39, 0.29) is 22.3 Å². The first-order chi connectivity index (χ1) is 11.2. The molecule has 3 nitrogen and oxygen atoms in total. The SMILES string of the molecule is CCC(=O)CC1SC(c2ccccc2)C(=O)N1c1ccccc1. The van der Waals surface area contributed by atoms with Gasteiger partial charge in [0.1, 0.15) is 11.0 Å². The molecule has 4 heteroatoms. The van der Waals surface area contributed by atoms with Crippen LogP contribution in [0.1, 0.15) is 30.6 Å². The van der Waals surface area contributed by atoms with E-state index >= 15 is 0 Å². The van der Waals surface area contributed by atoms with E-state index < -0.39 is 0 Å². The van der Waals surface area contributed by atoms with Crippen LogP contribution < -0.4 is 4.90 Å². The van der Waals surface area contributed by atoms with E-state index in [4.69, 9.17) is 0 Å². The Bertz CT molecular complexity index is 687. The molecule has 0 aliphatic carbocycles. The van der Waals surface area contributed by atoms with Crippen molar-refractivity contribution in [1.82, 2.24) is 0 Å². The lowest BCUT2D eigenvalue weighted by Gasteiger charge is -2.23. The van der Waals surface area contributed by atoms with Crippen LogP contribution in [0.4, 0.5) is 5.69 Å². The van der Waals surface area contributed by atoms with Gasteiger partial charge in [0.25, 0.3) is 0 Å². The molecule has 1 amide bonds. The van der Waals surface area contributed by atoms with Gasteiger partial charge in [0.15, 0.2) is 0 Å². The van der Waals surface area contributed by atoms with Crippen LogP contribution in [0.3, 0.4) is 0 Å². The van der Waals surface area contributed by atoms with E-state index in [1.54, 1.807) is 16.7 Å². The third-order valence-corrected chi connectivity index (χ3v) is 5.41. The number of para-hydroxylation sites is 1. The predicted octanol–water partition coefficient (Wildman–Crippen LogP) is 4.20. The number of thioether (sulfide) groups is 1. The van der Waals surface area contributed by atoms with Crippen LogP contribution in [-0.2, 0) is 9.59 Å². The Kier molecular flexibility index (Phi) is 4.82. The average molecular weight is 325 g/mol. The van der Waals surface area contributed by atoms with Crippen LogP contribution in [0.15, 0.2) is 60.7 Å². The summed E-state index contributed by atoms with van der Waals surface area (Å²) in [6, 6.07) is 19.4. The van der Waals surface area contributed by atoms with Gasteiger partial charge in [0.2, 0.25) is 5.91 Å². The van der Waals surface area contributed by atoms with Crippen LogP contribution in [0.25, 0.3) is 0 Å². The Hall–Kier alpha value is -2.07. The van der Waals surface area contributed by atoms with Gasteiger partial charge >= 0.3 is 0 Å². The number of hydrogen-bond donors (Lipinski definition) is 0. The minimum Gasteiger partial charge on any atom is -0.300 e. The molecule has 0 aromatic heterocycles. The standard InChI is InChI=1S/C19H19NO2S/c1-2-16(21)13-17-20(15-11-7-4-8-12-15)19(22)18(23-17)14-9-5-3-6-10-14/h3-12,17-18H,2,13H2,1H3. The predicted molar refractivity (Wildman–Crippen MR) is 94.4 cm³/mol. The van der Waals surface area contributed by atoms with Gasteiger partial charge in [-0.3, -0.25) is 14.5 Å². The summed E-state index contributed by atoms with van der Waals surface area (Å²) in [7, 11) is 0. The van der Waals surface area contributed by atoms with Crippen molar-refractivity contribution in [3.8, 4) is 0 Å². The molecule has 1 fully saturated rings. The maximum Gasteiger partial charge on any atom is 0.245 e. The van der Waals surface area contributed by atoms with E-state index in [1.165, 1.54) is 0 Å². The molecule has 1 aliphatic heterocycles. The van der Waals surface area contributed by atoms with Gasteiger partial charge in [-0.1, -0.05) is 55.5 Å². The number of Topliss-reactive ketones (excluding diaryl/α,β-unsaturated/α-hetero) is 1. The van der Waals surface area contributed by atoms with E-state index in [9.17, 15) is 9.59 Å². The molecule has 3 rings (SSSR count). The molecular weight excluding hydrogens is 306 g/mol. The van der Waals surface area contributed by atoms with Crippen molar-refractivity contribution >= 4 is 29.1 Å². The molecule has 2 aromatic rings. The van der Waals surface area contributed by atoms with Crippen molar-refractivity contribution in [3.63, 3.8) is 0 Å². The van der Waals surface area contributed by atoms with E-state index in [0.717, 1.165) is 11.3 Å². The summed E-state index contributed by atoms with van der Waals surface area (Å²) in [4.78, 5) is 26.7. The smallest absolute Gasteiger partial charge is 0.245 e. The Labute approximate surface area is 140 Å². The van der Waals surface area contributed by atoms with Gasteiger partial charge in [-0.05, 0) is 17.7 Å². The van der Waals surface area contributed by atoms with Crippen LogP contribution >= 0.6 is 11.8 Å². The molecule has 118 valence electrons. The summed E-state index contributed by atoms with van der Waals surface area (Å²) < 4.78 is 0. The van der Waals surface area contributed by atoms with Crippen molar-refractivity contribution in [2.45, 2.75) is 30.4 Å². The molecule has 0 saturated carbocycles. The summed E-state index contributed by atoms with van der Waals surface area (Å²) in [5.41, 5.74) is 1.85. The van der Waals surface area contributed by atoms with Crippen LogP contribution in [0, 0.1) is 0 Å². The number of benzene rings is 2. The van der Waals surface area contributed by atoms with Crippen molar-refractivity contribution in [2.75, 3.05) is 4.90 Å². The maximum atomic E-state index is 13.0. The van der Waals surface area contributed by atoms with E-state index in [0.29, 0.717) is 12.8 Å². The lowest BCUT2D eigenvalue weighted by Crippen LogP contribution is -2.34. The Morgan fingerprint density at radius 2 is 1.65 bits per heavy atom. The number of nitrogens with zero attached hydrogens (tertiary/aromatic N) is 1. The number of anilines is 1. The number of carbonyl (C=O) groups excluding carboxylic acids is 2. The number of ketones is 1. The first-order valence-electron chi connectivity index (χ1n) is 7.81. The molecule has 2 aromatic carbocycles. The highest BCUT2D eigenvalue weighted by Gasteiger charge is 2.42. The van der Waals surface area contributed by atoms with Gasteiger partial charge < -0.3 is 0 Å². The average Bonchev–Trinajstić information content (AvgIpc) is 2.92. The highest BCUT2D eigenvalue weighted by atomic mass is 32.2. The van der Waals surface area contributed by atoms with Crippen LogP contribution in [-0.4, -0.2) is 17.1 Å². The fraction of sp³-hybridized carbons (Fsp3) is 0.263. The van der Waals surface area contributed by atoms with Crippen LogP contribution in [0.2, 0.25) is 0 Å². The molecule has 0 N–H and O–H groups in total. The highest BCUT2D eigenvalue weighted by molar-refractivity contribution is 8.01. The molecule has 0 radical (unpaired) electrons. The largest absolute Gasteiger partial charge is 0.300 e. The zero-order valence-electron chi connectivity index (χ0n) is 13.0. The summed E-state index contributed by atoms with van der Waals surface area (Å²) in [5, 5.41) is -0.381. The van der Waals surface area contributed by atoms with E-state index in [1.807, 2.05) is 67.6 Å². The molecule has 0 spiro atoms. The van der Waals surface area contributed by atoms with Crippen molar-refractivity contribution in [3.05, 3.63) is 66.2 Å². The van der Waals surface area contributed by atoms with Crippen LogP contribution in [0.5, 0.6) is 0 Å². The van der Waals surface area contributed by atoms with E-state index in [2.05, 4.69) is 0 Å². The second-order valence-electron chi connectivity index (χ2n) is 5.52. The summed E-state index contributed by atoms with van der Waals surface area (Å²) in [5.74, 6) is 0.242. The quantitative estimate of drug-likeness (QED) is 0.826. The van der Waals surface area contributed by atoms with Crippen molar-refractivity contribution < 1.29 is 9.59 Å². The molecule has 23 heavy (non-hydrogen) atoms. The third-order valence-electron chi connectivity index (χ3n) is 3.98. The lowest BCUT2D eigenvalue weighted by atomic mass is 10.1. The summed E-state index contributed by atoms with van der Waals surface area (Å²) >= 11 is 1.57. The third kappa shape index (κ3) is 3.32. The fourth-order valence-electron chi connectivity index (χ4n) is 2.75. The number of hydrogen-bond acceptors (Lipinski definition) is 3. The highest BCUT2D eigenvalue weighted by Crippen LogP contribution is 2.45. The summed E-state index contributed by atoms with van der Waals surface area (Å²) in [6.45, 7) is 1.87. The van der Waals surface area contributed by atoms with Gasteiger partial charge in [-0.2, -0.15) is 0 Å². The molecule has 1 aliphatic rings. The summed E-state index contributed by atoms with van der Waals surface area (Å²) in [6.07, 6.45) is 0.898.